The first kappa shape index (κ1) is 45.0. The van der Waals surface area contributed by atoms with Crippen LogP contribution in [0.3, 0.4) is 0 Å². The second-order valence-corrected chi connectivity index (χ2v) is 25.1. The Morgan fingerprint density at radius 2 is 1.71 bits per heavy atom. The lowest BCUT2D eigenvalue weighted by Gasteiger charge is -2.72. The lowest BCUT2D eigenvalue weighted by Crippen LogP contribution is -2.68. The van der Waals surface area contributed by atoms with Crippen molar-refractivity contribution in [3.63, 3.8) is 0 Å². The molecule has 2 heterocycles. The van der Waals surface area contributed by atoms with Crippen molar-refractivity contribution in [1.82, 2.24) is 15.2 Å². The number of carboxylic acids is 1. The molecular weight excluding hydrogens is 807 g/mol. The van der Waals surface area contributed by atoms with Crippen LogP contribution < -0.4 is 14.8 Å². The Morgan fingerprint density at radius 1 is 0.937 bits per heavy atom. The summed E-state index contributed by atoms with van der Waals surface area (Å²) in [6.07, 6.45) is 19.3. The number of sulfone groups is 1. The second-order valence-electron chi connectivity index (χ2n) is 22.8. The molecule has 10 atom stereocenters. The standard InChI is InChI=1S/C53H75N3O6S/c1-35(2)39-15-23-53(55-27-28-56-29-31-63(59,60)32-30-56)25-24-50(6)42(45(39)53)11-12-44-49(5)19-16-41(48(3,4)43(49)17-20-51(44,50)7)37-13-21-52(22-14-37,47(57)58)34-62-46-40-33-38(61-8)10-9-36(40)18-26-54-46/h9-10,13,16,18,26,33,39,42-45,55H,1,11-12,14-15,17,19-25,27-32,34H2,2-8H3,(H,57,58)/t39-,42+,43?,44?,45?,49-,50+,51+,52?,53-/m0/s1. The van der Waals surface area contributed by atoms with Gasteiger partial charge in [-0.1, -0.05) is 65.0 Å². The number of nitrogens with one attached hydrogen (secondary N) is 1. The van der Waals surface area contributed by atoms with Gasteiger partial charge in [0.2, 0.25) is 5.88 Å². The molecule has 9 rings (SSSR count). The predicted octanol–water partition coefficient (Wildman–Crippen LogP) is 10.1. The van der Waals surface area contributed by atoms with Crippen molar-refractivity contribution >= 4 is 26.6 Å². The lowest BCUT2D eigenvalue weighted by atomic mass is 9.33. The lowest BCUT2D eigenvalue weighted by molar-refractivity contribution is -0.221. The van der Waals surface area contributed by atoms with Crippen LogP contribution in [0.15, 0.2) is 65.9 Å². The van der Waals surface area contributed by atoms with Gasteiger partial charge >= 0.3 is 5.97 Å². The van der Waals surface area contributed by atoms with Crippen molar-refractivity contribution in [2.45, 2.75) is 124 Å². The molecule has 0 amide bonds. The van der Waals surface area contributed by atoms with Gasteiger partial charge in [0.25, 0.3) is 0 Å². The number of hydrogen-bond donors (Lipinski definition) is 2. The number of aliphatic carboxylic acids is 1. The molecule has 1 saturated heterocycles. The van der Waals surface area contributed by atoms with Crippen LogP contribution in [0.4, 0.5) is 0 Å². The summed E-state index contributed by atoms with van der Waals surface area (Å²) >= 11 is 0. The number of aromatic nitrogens is 1. The minimum absolute atomic E-state index is 0.0236. The Hall–Kier alpha value is -3.21. The number of fused-ring (bicyclic) bond motifs is 8. The van der Waals surface area contributed by atoms with E-state index in [0.29, 0.717) is 67.2 Å². The van der Waals surface area contributed by atoms with Gasteiger partial charge in [-0.15, -0.1) is 0 Å². The van der Waals surface area contributed by atoms with Crippen molar-refractivity contribution in [1.29, 1.82) is 0 Å². The molecule has 5 fully saturated rings. The number of ether oxygens (including phenoxy) is 2. The number of allylic oxidation sites excluding steroid dienone is 5. The third kappa shape index (κ3) is 7.24. The number of carbonyl (C=O) groups is 1. The predicted molar refractivity (Wildman–Crippen MR) is 252 cm³/mol. The summed E-state index contributed by atoms with van der Waals surface area (Å²) < 4.78 is 36.0. The Balaban J connectivity index is 0.927. The Labute approximate surface area is 377 Å². The number of nitrogens with zero attached hydrogens (tertiary/aromatic N) is 2. The Bertz CT molecular complexity index is 2310. The average Bonchev–Trinajstić information content (AvgIpc) is 3.63. The minimum atomic E-state index is -2.88. The highest BCUT2D eigenvalue weighted by atomic mass is 32.2. The van der Waals surface area contributed by atoms with Gasteiger partial charge in [-0.2, -0.15) is 0 Å². The maximum absolute atomic E-state index is 13.1. The molecule has 10 heteroatoms. The Morgan fingerprint density at radius 3 is 2.41 bits per heavy atom. The first-order valence-electron chi connectivity index (χ1n) is 24.3. The summed E-state index contributed by atoms with van der Waals surface area (Å²) in [4.78, 5) is 19.9. The fraction of sp³-hybridized carbons (Fsp3) is 0.698. The SMILES string of the molecule is C=C(C)[C@@H]1CC[C@]2(NCCN3CCS(=O)(=O)CC3)CC[C@]3(C)[C@H](CCC4[C@@]5(C)CC=C(C6=CCC(COc7nccc8ccc(OC)cc78)(C(=O)O)CC6)C(C)(C)C5CC[C@]43C)C12. The van der Waals surface area contributed by atoms with Crippen LogP contribution in [0.2, 0.25) is 0 Å². The maximum Gasteiger partial charge on any atom is 0.313 e. The van der Waals surface area contributed by atoms with Crippen molar-refractivity contribution in [2.75, 3.05) is 51.4 Å². The van der Waals surface area contributed by atoms with E-state index >= 15 is 0 Å². The normalized spacial score (nSPS) is 39.4. The third-order valence-corrected chi connectivity index (χ3v) is 21.4. The summed E-state index contributed by atoms with van der Waals surface area (Å²) in [6, 6.07) is 7.71. The van der Waals surface area contributed by atoms with Gasteiger partial charge in [0.05, 0.1) is 18.6 Å². The van der Waals surface area contributed by atoms with E-state index in [1.54, 1.807) is 13.3 Å². The third-order valence-electron chi connectivity index (χ3n) is 19.8. The number of rotatable bonds is 11. The van der Waals surface area contributed by atoms with Crippen LogP contribution >= 0.6 is 0 Å². The average molecular weight is 882 g/mol. The molecule has 4 saturated carbocycles. The van der Waals surface area contributed by atoms with Crippen molar-refractivity contribution in [3.8, 4) is 11.6 Å². The molecule has 1 aliphatic heterocycles. The highest BCUT2D eigenvalue weighted by molar-refractivity contribution is 7.91. The summed E-state index contributed by atoms with van der Waals surface area (Å²) in [7, 11) is -1.25. The number of pyridine rings is 1. The number of benzene rings is 1. The van der Waals surface area contributed by atoms with Crippen LogP contribution in [0, 0.1) is 56.7 Å². The largest absolute Gasteiger partial charge is 0.497 e. The van der Waals surface area contributed by atoms with Gasteiger partial charge in [0.1, 0.15) is 17.8 Å². The van der Waals surface area contributed by atoms with Crippen LogP contribution in [0.25, 0.3) is 10.8 Å². The molecule has 2 N–H and O–H groups in total. The molecule has 0 spiro atoms. The summed E-state index contributed by atoms with van der Waals surface area (Å²) in [5, 5.41) is 16.7. The smallest absolute Gasteiger partial charge is 0.313 e. The van der Waals surface area contributed by atoms with Gasteiger partial charge in [-0.25, -0.2) is 13.4 Å². The molecule has 0 bridgehead atoms. The minimum Gasteiger partial charge on any atom is -0.497 e. The van der Waals surface area contributed by atoms with E-state index < -0.39 is 21.2 Å². The van der Waals surface area contributed by atoms with Crippen molar-refractivity contribution < 1.29 is 27.8 Å². The monoisotopic (exact) mass is 882 g/mol. The maximum atomic E-state index is 13.1. The quantitative estimate of drug-likeness (QED) is 0.213. The first-order chi connectivity index (χ1) is 29.8. The van der Waals surface area contributed by atoms with Crippen molar-refractivity contribution in [2.24, 2.45) is 56.7 Å². The van der Waals surface area contributed by atoms with Gasteiger partial charge < -0.3 is 24.8 Å². The highest BCUT2D eigenvalue weighted by Gasteiger charge is 2.70. The van der Waals surface area contributed by atoms with E-state index in [4.69, 9.17) is 9.47 Å². The second kappa shape index (κ2) is 16.0. The number of carboxylic acid groups (broad SMARTS) is 1. The molecule has 0 radical (unpaired) electrons. The summed E-state index contributed by atoms with van der Waals surface area (Å²) in [5.74, 6) is 3.89. The van der Waals surface area contributed by atoms with E-state index in [1.165, 1.54) is 68.1 Å². The first-order valence-corrected chi connectivity index (χ1v) is 26.2. The number of hydrogen-bond acceptors (Lipinski definition) is 8. The molecule has 1 aromatic carbocycles. The molecule has 344 valence electrons. The molecule has 4 unspecified atom stereocenters. The van der Waals surface area contributed by atoms with E-state index in [1.807, 2.05) is 24.3 Å². The van der Waals surface area contributed by atoms with Crippen molar-refractivity contribution in [3.05, 3.63) is 65.9 Å². The van der Waals surface area contributed by atoms with Gasteiger partial charge in [-0.3, -0.25) is 4.79 Å². The molecule has 6 aliphatic carbocycles. The summed E-state index contributed by atoms with van der Waals surface area (Å²) in [5.41, 5.74) is 3.91. The molecule has 9 nitrogen and oxygen atoms in total. The van der Waals surface area contributed by atoms with Gasteiger partial charge in [-0.05, 0) is 170 Å². The van der Waals surface area contributed by atoms with E-state index in [2.05, 4.69) is 75.5 Å². The Kier molecular flexibility index (Phi) is 11.4. The zero-order valence-corrected chi connectivity index (χ0v) is 40.2. The highest BCUT2D eigenvalue weighted by Crippen LogP contribution is 2.76. The fourth-order valence-electron chi connectivity index (χ4n) is 16.1. The number of methoxy groups -OCH3 is 1. The molecule has 2 aromatic rings. The zero-order valence-electron chi connectivity index (χ0n) is 39.4. The van der Waals surface area contributed by atoms with E-state index in [0.717, 1.165) is 36.7 Å². The van der Waals surface area contributed by atoms with Crippen LogP contribution in [0.5, 0.6) is 11.6 Å². The van der Waals surface area contributed by atoms with Gasteiger partial charge in [0.15, 0.2) is 9.84 Å². The summed E-state index contributed by atoms with van der Waals surface area (Å²) in [6.45, 7) is 23.2. The zero-order chi connectivity index (χ0) is 44.8. The van der Waals surface area contributed by atoms with Crippen LogP contribution in [0.1, 0.15) is 119 Å². The van der Waals surface area contributed by atoms with E-state index in [-0.39, 0.29) is 45.3 Å². The fourth-order valence-corrected chi connectivity index (χ4v) is 17.4. The van der Waals surface area contributed by atoms with E-state index in [9.17, 15) is 18.3 Å². The molecular formula is C53H75N3O6S. The van der Waals surface area contributed by atoms with Crippen LogP contribution in [-0.2, 0) is 14.6 Å². The molecule has 63 heavy (non-hydrogen) atoms. The molecule has 7 aliphatic rings. The van der Waals surface area contributed by atoms with Crippen LogP contribution in [-0.4, -0.2) is 86.3 Å². The topological polar surface area (TPSA) is 118 Å². The molecule has 1 aromatic heterocycles. The van der Waals surface area contributed by atoms with Gasteiger partial charge in [0, 0.05) is 43.3 Å².